The molecule has 0 fully saturated rings. The molecule has 0 atom stereocenters. The van der Waals surface area contributed by atoms with Crippen LogP contribution in [0.1, 0.15) is 6.92 Å². The molecule has 0 aliphatic carbocycles. The van der Waals surface area contributed by atoms with Gasteiger partial charge in [-0.25, -0.2) is 0 Å². The fourth-order valence-electron chi connectivity index (χ4n) is 2.49. The second-order valence-electron chi connectivity index (χ2n) is 5.52. The third-order valence-electron chi connectivity index (χ3n) is 3.60. The van der Waals surface area contributed by atoms with Crippen LogP contribution in [-0.2, 0) is 4.79 Å². The molecule has 0 aliphatic rings. The Hall–Kier alpha value is -1.95. The number of aliphatic hydroxyl groups excluding tert-OH is 1. The van der Waals surface area contributed by atoms with Crippen LogP contribution >= 0.6 is 34.8 Å². The van der Waals surface area contributed by atoms with Crippen molar-refractivity contribution in [2.45, 2.75) is 10.7 Å². The van der Waals surface area contributed by atoms with Crippen molar-refractivity contribution >= 4 is 64.2 Å². The Balaban J connectivity index is 2.73. The zero-order chi connectivity index (χ0) is 19.3. The summed E-state index contributed by atoms with van der Waals surface area (Å²) in [6, 6.07) is 18.7. The lowest BCUT2D eigenvalue weighted by molar-refractivity contribution is -0.114. The number of hydrogen-bond acceptors (Lipinski definition) is 3. The summed E-state index contributed by atoms with van der Waals surface area (Å²) in [7, 11) is 0. The third kappa shape index (κ3) is 5.04. The molecule has 0 heterocycles. The summed E-state index contributed by atoms with van der Waals surface area (Å²) in [5.41, 5.74) is 6.49. The zero-order valence-electron chi connectivity index (χ0n) is 13.9. The van der Waals surface area contributed by atoms with Gasteiger partial charge < -0.3 is 15.7 Å². The number of hydrogen-bond donors (Lipinski definition) is 2. The normalized spacial score (nSPS) is 13.2. The first-order valence-corrected chi connectivity index (χ1v) is 8.80. The van der Waals surface area contributed by atoms with Gasteiger partial charge in [0.15, 0.2) is 0 Å². The Bertz CT molecular complexity index is 791. The van der Waals surface area contributed by atoms with Crippen molar-refractivity contribution in [1.82, 2.24) is 0 Å². The van der Waals surface area contributed by atoms with E-state index in [1.54, 1.807) is 0 Å². The van der Waals surface area contributed by atoms with Gasteiger partial charge in [0.05, 0.1) is 5.71 Å². The average Bonchev–Trinajstić information content (AvgIpc) is 2.58. The molecular formula is C18H16BCl3N2O2. The van der Waals surface area contributed by atoms with E-state index in [4.69, 9.17) is 40.5 Å². The Morgan fingerprint density at radius 2 is 1.42 bits per heavy atom. The van der Waals surface area contributed by atoms with Gasteiger partial charge in [0.1, 0.15) is 11.3 Å². The lowest BCUT2D eigenvalue weighted by Crippen LogP contribution is -2.44. The monoisotopic (exact) mass is 408 g/mol. The molecule has 0 bridgehead atoms. The van der Waals surface area contributed by atoms with Gasteiger partial charge in [-0.15, -0.1) is 0 Å². The smallest absolute Gasteiger partial charge is 0.344 e. The maximum atomic E-state index is 11.8. The summed E-state index contributed by atoms with van der Waals surface area (Å²) in [6.07, 6.45) is 0. The number of allylic oxidation sites excluding steroid dienone is 1. The lowest BCUT2D eigenvalue weighted by Gasteiger charge is -2.20. The fraction of sp³-hybridized carbons (Fsp3) is 0.111. The molecule has 1 amide bonds. The summed E-state index contributed by atoms with van der Waals surface area (Å²) in [4.78, 5) is 16.4. The number of aliphatic hydroxyl groups is 1. The molecule has 2 aromatic carbocycles. The van der Waals surface area contributed by atoms with Crippen molar-refractivity contribution in [2.24, 2.45) is 10.6 Å². The van der Waals surface area contributed by atoms with E-state index in [9.17, 15) is 9.90 Å². The molecular weight excluding hydrogens is 393 g/mol. The molecule has 3 N–H and O–H groups in total. The molecule has 0 unspecified atom stereocenters. The Morgan fingerprint density at radius 3 is 1.73 bits per heavy atom. The Labute approximate surface area is 167 Å². The molecule has 0 aromatic heterocycles. The third-order valence-corrected chi connectivity index (χ3v) is 4.14. The van der Waals surface area contributed by atoms with Crippen molar-refractivity contribution in [2.75, 3.05) is 0 Å². The minimum atomic E-state index is -2.06. The highest BCUT2D eigenvalue weighted by Gasteiger charge is 2.36. The Morgan fingerprint density at radius 1 is 1.00 bits per heavy atom. The second-order valence-corrected chi connectivity index (χ2v) is 7.81. The van der Waals surface area contributed by atoms with Crippen molar-refractivity contribution < 1.29 is 9.90 Å². The quantitative estimate of drug-likeness (QED) is 0.262. The molecule has 8 heteroatoms. The molecule has 0 radical (unpaired) electrons. The van der Waals surface area contributed by atoms with Crippen LogP contribution in [0.25, 0.3) is 0 Å². The molecule has 2 rings (SSSR count). The largest absolute Gasteiger partial charge is 0.512 e. The van der Waals surface area contributed by atoms with E-state index < -0.39 is 16.5 Å². The van der Waals surface area contributed by atoms with Crippen LogP contribution < -0.4 is 16.7 Å². The van der Waals surface area contributed by atoms with Crippen LogP contribution in [0, 0.1) is 0 Å². The number of carbonyl (C=O) groups is 1. The fourth-order valence-corrected chi connectivity index (χ4v) is 2.92. The first kappa shape index (κ1) is 20.4. The topological polar surface area (TPSA) is 75.7 Å². The number of amides is 1. The van der Waals surface area contributed by atoms with E-state index in [1.807, 2.05) is 60.7 Å². The second kappa shape index (κ2) is 8.63. The van der Waals surface area contributed by atoms with Gasteiger partial charge in [-0.05, 0) is 17.8 Å². The van der Waals surface area contributed by atoms with Gasteiger partial charge in [0.2, 0.25) is 3.79 Å². The molecule has 4 nitrogen and oxygen atoms in total. The van der Waals surface area contributed by atoms with E-state index in [0.29, 0.717) is 0 Å². The molecule has 26 heavy (non-hydrogen) atoms. The first-order valence-electron chi connectivity index (χ1n) is 7.66. The number of halogens is 3. The highest BCUT2D eigenvalue weighted by atomic mass is 35.6. The molecule has 2 aromatic rings. The number of rotatable bonds is 5. The summed E-state index contributed by atoms with van der Waals surface area (Å²) >= 11 is 18.1. The van der Waals surface area contributed by atoms with E-state index in [1.165, 1.54) is 6.92 Å². The molecule has 0 saturated heterocycles. The van der Waals surface area contributed by atoms with Crippen molar-refractivity contribution in [3.05, 3.63) is 72.0 Å². The average molecular weight is 410 g/mol. The summed E-state index contributed by atoms with van der Waals surface area (Å²) in [6.45, 7) is 0.725. The zero-order valence-corrected chi connectivity index (χ0v) is 16.1. The number of benzene rings is 2. The predicted octanol–water partition coefficient (Wildman–Crippen LogP) is 2.92. The molecule has 134 valence electrons. The number of primary amides is 1. The van der Waals surface area contributed by atoms with Crippen molar-refractivity contribution in [3.8, 4) is 0 Å². The molecule has 0 spiro atoms. The van der Waals surface area contributed by atoms with E-state index in [2.05, 4.69) is 4.90 Å². The number of alkyl halides is 3. The van der Waals surface area contributed by atoms with E-state index in [-0.39, 0.29) is 17.0 Å². The number of carbonyl (C=O) groups excluding carboxylic acids is 1. The van der Waals surface area contributed by atoms with Crippen LogP contribution in [0.2, 0.25) is 0 Å². The van der Waals surface area contributed by atoms with Gasteiger partial charge in [-0.2, -0.15) is 0 Å². The van der Waals surface area contributed by atoms with Gasteiger partial charge >= 0.3 is 6.85 Å². The van der Waals surface area contributed by atoms with Crippen LogP contribution in [0.4, 0.5) is 0 Å². The summed E-state index contributed by atoms with van der Waals surface area (Å²) in [5, 5.41) is 9.89. The number of nitrogens with zero attached hydrogens (tertiary/aromatic N) is 1. The van der Waals surface area contributed by atoms with Gasteiger partial charge in [0, 0.05) is 0 Å². The first-order chi connectivity index (χ1) is 12.2. The summed E-state index contributed by atoms with van der Waals surface area (Å²) < 4.78 is -2.06. The van der Waals surface area contributed by atoms with Crippen LogP contribution in [0.3, 0.4) is 0 Å². The number of nitrogens with two attached hydrogens (primary N) is 1. The highest BCUT2D eigenvalue weighted by Crippen LogP contribution is 2.32. The maximum Gasteiger partial charge on any atom is 0.344 e. The van der Waals surface area contributed by atoms with Gasteiger partial charge in [-0.1, -0.05) is 95.5 Å². The minimum absolute atomic E-state index is 0.215. The highest BCUT2D eigenvalue weighted by molar-refractivity contribution is 6.87. The van der Waals surface area contributed by atoms with Crippen LogP contribution in [-0.4, -0.2) is 27.4 Å². The standard InChI is InChI=1S/C18H16BCl3N2O2/c1-12(25)15(17(23)26)16(18(20,21)22)24-19(13-8-4-2-5-9-13)14-10-6-3-7-11-14/h2-11,25H,1H3,(H2,23,26). The summed E-state index contributed by atoms with van der Waals surface area (Å²) in [5.74, 6) is -1.31. The van der Waals surface area contributed by atoms with Crippen LogP contribution in [0.15, 0.2) is 76.9 Å². The molecule has 0 aliphatic heterocycles. The maximum absolute atomic E-state index is 11.8. The van der Waals surface area contributed by atoms with Crippen molar-refractivity contribution in [3.63, 3.8) is 0 Å². The van der Waals surface area contributed by atoms with E-state index >= 15 is 0 Å². The van der Waals surface area contributed by atoms with Crippen LogP contribution in [0.5, 0.6) is 0 Å². The lowest BCUT2D eigenvalue weighted by atomic mass is 9.51. The predicted molar refractivity (Wildman–Crippen MR) is 110 cm³/mol. The molecule has 0 saturated carbocycles. The van der Waals surface area contributed by atoms with Gasteiger partial charge in [-0.3, -0.25) is 4.79 Å². The minimum Gasteiger partial charge on any atom is -0.512 e. The SMILES string of the molecule is CC(O)=C(C(N)=O)C(=NB(c1ccccc1)c1ccccc1)C(Cl)(Cl)Cl. The van der Waals surface area contributed by atoms with Gasteiger partial charge in [0.25, 0.3) is 5.91 Å². The van der Waals surface area contributed by atoms with Crippen molar-refractivity contribution in [1.29, 1.82) is 0 Å². The van der Waals surface area contributed by atoms with E-state index in [0.717, 1.165) is 10.9 Å². The Kier molecular flexibility index (Phi) is 6.76.